The summed E-state index contributed by atoms with van der Waals surface area (Å²) < 4.78 is 6.46. The lowest BCUT2D eigenvalue weighted by Gasteiger charge is -2.36. The smallest absolute Gasteiger partial charge is 0.119 e. The average molecular weight is 327 g/mol. The molecule has 1 unspecified atom stereocenters. The van der Waals surface area contributed by atoms with Crippen LogP contribution in [0.1, 0.15) is 18.4 Å². The van der Waals surface area contributed by atoms with E-state index in [1.54, 1.807) is 7.11 Å². The van der Waals surface area contributed by atoms with Crippen LogP contribution in [0.3, 0.4) is 0 Å². The molecule has 0 radical (unpaired) electrons. The van der Waals surface area contributed by atoms with Crippen molar-refractivity contribution in [2.45, 2.75) is 25.4 Å². The maximum atomic E-state index is 5.31. The predicted molar refractivity (Wildman–Crippen MR) is 82.7 cm³/mol. The molecule has 0 bridgehead atoms. The first-order chi connectivity index (χ1) is 9.10. The average Bonchev–Trinajstić information content (AvgIpc) is 2.41. The van der Waals surface area contributed by atoms with Crippen molar-refractivity contribution in [2.24, 2.45) is 0 Å². The minimum absolute atomic E-state index is 0.650. The van der Waals surface area contributed by atoms with E-state index in [1.165, 1.54) is 24.9 Å². The fourth-order valence-corrected chi connectivity index (χ4v) is 3.07. The zero-order chi connectivity index (χ0) is 13.8. The summed E-state index contributed by atoms with van der Waals surface area (Å²) in [5.74, 6) is 0.923. The first-order valence-electron chi connectivity index (χ1n) is 6.81. The number of hydrogen-bond acceptors (Lipinski definition) is 3. The molecule has 0 N–H and O–H groups in total. The highest BCUT2D eigenvalue weighted by Crippen LogP contribution is 2.25. The van der Waals surface area contributed by atoms with E-state index in [4.69, 9.17) is 4.74 Å². The number of likely N-dealkylation sites (N-methyl/N-ethyl adjacent to an activating group) is 2. The van der Waals surface area contributed by atoms with E-state index in [9.17, 15) is 0 Å². The molecule has 3 nitrogen and oxygen atoms in total. The van der Waals surface area contributed by atoms with Crippen LogP contribution in [-0.4, -0.2) is 50.1 Å². The van der Waals surface area contributed by atoms with Crippen molar-refractivity contribution < 1.29 is 4.74 Å². The Bertz CT molecular complexity index is 425. The maximum absolute atomic E-state index is 5.31. The quantitative estimate of drug-likeness (QED) is 0.846. The Morgan fingerprint density at radius 3 is 2.95 bits per heavy atom. The first kappa shape index (κ1) is 14.8. The molecule has 19 heavy (non-hydrogen) atoms. The van der Waals surface area contributed by atoms with Gasteiger partial charge < -0.3 is 9.64 Å². The summed E-state index contributed by atoms with van der Waals surface area (Å²) in [4.78, 5) is 4.88. The van der Waals surface area contributed by atoms with Gasteiger partial charge in [0.2, 0.25) is 0 Å². The number of nitrogens with zero attached hydrogens (tertiary/aromatic N) is 2. The Morgan fingerprint density at radius 2 is 2.26 bits per heavy atom. The van der Waals surface area contributed by atoms with Crippen LogP contribution in [0, 0.1) is 0 Å². The van der Waals surface area contributed by atoms with Crippen LogP contribution >= 0.6 is 15.9 Å². The molecule has 2 rings (SSSR count). The van der Waals surface area contributed by atoms with Crippen molar-refractivity contribution in [2.75, 3.05) is 34.3 Å². The second-order valence-corrected chi connectivity index (χ2v) is 6.29. The SMILES string of the molecule is COc1ccc(Br)c(CN(C)C2CCCN(C)C2)c1. The lowest BCUT2D eigenvalue weighted by molar-refractivity contribution is 0.129. The summed E-state index contributed by atoms with van der Waals surface area (Å²) in [7, 11) is 6.14. The van der Waals surface area contributed by atoms with E-state index >= 15 is 0 Å². The Kier molecular flexibility index (Phi) is 5.25. The molecule has 1 aliphatic rings. The van der Waals surface area contributed by atoms with Crippen LogP contribution in [0.5, 0.6) is 5.75 Å². The molecule has 1 aliphatic heterocycles. The second kappa shape index (κ2) is 6.73. The number of likely N-dealkylation sites (tertiary alicyclic amines) is 1. The molecule has 0 saturated carbocycles. The maximum Gasteiger partial charge on any atom is 0.119 e. The molecule has 4 heteroatoms. The Hall–Kier alpha value is -0.580. The highest BCUT2D eigenvalue weighted by atomic mass is 79.9. The van der Waals surface area contributed by atoms with E-state index in [0.29, 0.717) is 6.04 Å². The minimum atomic E-state index is 0.650. The molecule has 1 aromatic rings. The summed E-state index contributed by atoms with van der Waals surface area (Å²) in [6.45, 7) is 3.35. The summed E-state index contributed by atoms with van der Waals surface area (Å²) in [5.41, 5.74) is 1.29. The largest absolute Gasteiger partial charge is 0.497 e. The van der Waals surface area contributed by atoms with Crippen LogP contribution in [0.2, 0.25) is 0 Å². The Morgan fingerprint density at radius 1 is 1.47 bits per heavy atom. The summed E-state index contributed by atoms with van der Waals surface area (Å²) in [6, 6.07) is 6.82. The second-order valence-electron chi connectivity index (χ2n) is 5.43. The number of methoxy groups -OCH3 is 1. The number of ether oxygens (including phenoxy) is 1. The van der Waals surface area contributed by atoms with Gasteiger partial charge in [0.05, 0.1) is 7.11 Å². The highest BCUT2D eigenvalue weighted by molar-refractivity contribution is 9.10. The van der Waals surface area contributed by atoms with Gasteiger partial charge in [-0.25, -0.2) is 0 Å². The van der Waals surface area contributed by atoms with Crippen molar-refractivity contribution in [3.05, 3.63) is 28.2 Å². The van der Waals surface area contributed by atoms with Crippen LogP contribution in [-0.2, 0) is 6.54 Å². The molecule has 0 amide bonds. The highest BCUT2D eigenvalue weighted by Gasteiger charge is 2.21. The summed E-state index contributed by atoms with van der Waals surface area (Å²) in [5, 5.41) is 0. The van der Waals surface area contributed by atoms with Gasteiger partial charge in [-0.05, 0) is 57.2 Å². The zero-order valence-corrected chi connectivity index (χ0v) is 13.6. The first-order valence-corrected chi connectivity index (χ1v) is 7.60. The van der Waals surface area contributed by atoms with Crippen molar-refractivity contribution in [1.82, 2.24) is 9.80 Å². The Balaban J connectivity index is 2.03. The number of rotatable bonds is 4. The lowest BCUT2D eigenvalue weighted by Crippen LogP contribution is -2.44. The summed E-state index contributed by atoms with van der Waals surface area (Å²) in [6.07, 6.45) is 2.59. The van der Waals surface area contributed by atoms with E-state index in [-0.39, 0.29) is 0 Å². The molecular formula is C15H23BrN2O. The van der Waals surface area contributed by atoms with Gasteiger partial charge in [-0.3, -0.25) is 4.90 Å². The molecule has 0 aromatic heterocycles. The molecule has 1 saturated heterocycles. The monoisotopic (exact) mass is 326 g/mol. The lowest BCUT2D eigenvalue weighted by atomic mass is 10.0. The number of halogens is 1. The number of piperidine rings is 1. The molecule has 1 atom stereocenters. The molecule has 1 fully saturated rings. The van der Waals surface area contributed by atoms with Crippen LogP contribution in [0.25, 0.3) is 0 Å². The Labute approximate surface area is 124 Å². The third-order valence-corrected chi connectivity index (χ3v) is 4.67. The molecule has 106 valence electrons. The predicted octanol–water partition coefficient (Wildman–Crippen LogP) is 2.98. The van der Waals surface area contributed by atoms with E-state index in [1.807, 2.05) is 6.07 Å². The van der Waals surface area contributed by atoms with Crippen molar-refractivity contribution in [3.8, 4) is 5.75 Å². The van der Waals surface area contributed by atoms with Gasteiger partial charge in [-0.15, -0.1) is 0 Å². The number of benzene rings is 1. The van der Waals surface area contributed by atoms with Gasteiger partial charge in [-0.1, -0.05) is 15.9 Å². The van der Waals surface area contributed by atoms with Gasteiger partial charge in [-0.2, -0.15) is 0 Å². The molecule has 0 spiro atoms. The van der Waals surface area contributed by atoms with E-state index in [2.05, 4.69) is 52.0 Å². The van der Waals surface area contributed by atoms with Crippen LogP contribution < -0.4 is 4.74 Å². The topological polar surface area (TPSA) is 15.7 Å². The summed E-state index contributed by atoms with van der Waals surface area (Å²) >= 11 is 3.63. The van der Waals surface area contributed by atoms with Crippen molar-refractivity contribution in [1.29, 1.82) is 0 Å². The molecule has 1 aromatic carbocycles. The van der Waals surface area contributed by atoms with Crippen LogP contribution in [0.4, 0.5) is 0 Å². The normalized spacial score (nSPS) is 20.8. The van der Waals surface area contributed by atoms with Gasteiger partial charge in [0.15, 0.2) is 0 Å². The molecule has 1 heterocycles. The minimum Gasteiger partial charge on any atom is -0.497 e. The van der Waals surface area contributed by atoms with Gasteiger partial charge >= 0.3 is 0 Å². The van der Waals surface area contributed by atoms with Gasteiger partial charge in [0, 0.05) is 23.6 Å². The molecular weight excluding hydrogens is 304 g/mol. The van der Waals surface area contributed by atoms with Gasteiger partial charge in [0.1, 0.15) is 5.75 Å². The third kappa shape index (κ3) is 3.94. The van der Waals surface area contributed by atoms with E-state index < -0.39 is 0 Å². The van der Waals surface area contributed by atoms with Gasteiger partial charge in [0.25, 0.3) is 0 Å². The van der Waals surface area contributed by atoms with E-state index in [0.717, 1.165) is 23.3 Å². The standard InChI is InChI=1S/C15H23BrN2O/c1-17-8-4-5-13(11-17)18(2)10-12-9-14(19-3)6-7-15(12)16/h6-7,9,13H,4-5,8,10-11H2,1-3H3. The molecule has 0 aliphatic carbocycles. The van der Waals surface area contributed by atoms with Crippen LogP contribution in [0.15, 0.2) is 22.7 Å². The van der Waals surface area contributed by atoms with Crippen molar-refractivity contribution in [3.63, 3.8) is 0 Å². The fraction of sp³-hybridized carbons (Fsp3) is 0.600. The number of hydrogen-bond donors (Lipinski definition) is 0. The van der Waals surface area contributed by atoms with Crippen molar-refractivity contribution >= 4 is 15.9 Å². The third-order valence-electron chi connectivity index (χ3n) is 3.90. The zero-order valence-electron chi connectivity index (χ0n) is 12.0. The fourth-order valence-electron chi connectivity index (χ4n) is 2.70.